The Kier molecular flexibility index (Phi) is 5.63. The number of nitrogens with zero attached hydrogens (tertiary/aromatic N) is 1. The van der Waals surface area contributed by atoms with E-state index in [4.69, 9.17) is 5.73 Å². The van der Waals surface area contributed by atoms with E-state index in [-0.39, 0.29) is 5.78 Å². The number of pyridine rings is 1. The molecule has 0 radical (unpaired) electrons. The van der Waals surface area contributed by atoms with Crippen molar-refractivity contribution in [1.29, 1.82) is 0 Å². The van der Waals surface area contributed by atoms with Crippen LogP contribution in [0.1, 0.15) is 31.4 Å². The van der Waals surface area contributed by atoms with Crippen molar-refractivity contribution in [2.45, 2.75) is 32.1 Å². The molecule has 0 bridgehead atoms. The molecule has 0 saturated carbocycles. The Labute approximate surface area is 90.7 Å². The first-order chi connectivity index (χ1) is 7.33. The van der Waals surface area contributed by atoms with Crippen LogP contribution < -0.4 is 5.73 Å². The first-order valence-corrected chi connectivity index (χ1v) is 5.44. The zero-order valence-corrected chi connectivity index (χ0v) is 8.98. The van der Waals surface area contributed by atoms with E-state index < -0.39 is 0 Å². The van der Waals surface area contributed by atoms with Gasteiger partial charge in [-0.3, -0.25) is 9.78 Å². The molecular weight excluding hydrogens is 188 g/mol. The van der Waals surface area contributed by atoms with E-state index >= 15 is 0 Å². The molecule has 1 heterocycles. The van der Waals surface area contributed by atoms with Gasteiger partial charge in [-0.2, -0.15) is 0 Å². The highest BCUT2D eigenvalue weighted by atomic mass is 16.1. The average Bonchev–Trinajstić information content (AvgIpc) is 2.26. The highest BCUT2D eigenvalue weighted by Gasteiger charge is 2.03. The lowest BCUT2D eigenvalue weighted by Crippen LogP contribution is -2.04. The van der Waals surface area contributed by atoms with Crippen LogP contribution in [-0.2, 0) is 11.2 Å². The fourth-order valence-corrected chi connectivity index (χ4v) is 1.44. The minimum atomic E-state index is 0.269. The summed E-state index contributed by atoms with van der Waals surface area (Å²) in [7, 11) is 0. The van der Waals surface area contributed by atoms with E-state index in [1.54, 1.807) is 6.20 Å². The molecule has 0 atom stereocenters. The molecule has 0 aliphatic rings. The van der Waals surface area contributed by atoms with Crippen molar-refractivity contribution in [2.24, 2.45) is 5.73 Å². The summed E-state index contributed by atoms with van der Waals surface area (Å²) in [6.45, 7) is 0.717. The van der Waals surface area contributed by atoms with Crippen LogP contribution in [0, 0.1) is 0 Å². The summed E-state index contributed by atoms with van der Waals surface area (Å²) in [6, 6.07) is 5.65. The van der Waals surface area contributed by atoms with Crippen LogP contribution in [0.15, 0.2) is 24.4 Å². The van der Waals surface area contributed by atoms with Crippen LogP contribution in [-0.4, -0.2) is 17.3 Å². The van der Waals surface area contributed by atoms with Crippen LogP contribution in [0.4, 0.5) is 0 Å². The Balaban J connectivity index is 2.19. The first-order valence-electron chi connectivity index (χ1n) is 5.44. The maximum atomic E-state index is 11.5. The minimum Gasteiger partial charge on any atom is -0.330 e. The summed E-state index contributed by atoms with van der Waals surface area (Å²) in [4.78, 5) is 15.6. The Morgan fingerprint density at radius 3 is 2.80 bits per heavy atom. The molecule has 0 aromatic carbocycles. The van der Waals surface area contributed by atoms with E-state index in [9.17, 15) is 4.79 Å². The van der Waals surface area contributed by atoms with E-state index in [1.165, 1.54) is 0 Å². The molecule has 2 N–H and O–H groups in total. The highest BCUT2D eigenvalue weighted by molar-refractivity contribution is 5.80. The zero-order valence-electron chi connectivity index (χ0n) is 8.98. The molecule has 15 heavy (non-hydrogen) atoms. The maximum absolute atomic E-state index is 11.5. The maximum Gasteiger partial charge on any atom is 0.138 e. The molecule has 0 spiro atoms. The first kappa shape index (κ1) is 11.9. The number of aromatic nitrogens is 1. The number of hydrogen-bond donors (Lipinski definition) is 1. The second-order valence-corrected chi connectivity index (χ2v) is 3.64. The number of carbonyl (C=O) groups is 1. The molecule has 3 nitrogen and oxygen atoms in total. The summed E-state index contributed by atoms with van der Waals surface area (Å²) in [5.41, 5.74) is 6.24. The second-order valence-electron chi connectivity index (χ2n) is 3.64. The SMILES string of the molecule is NCCCCCC(=O)Cc1ccccn1. The lowest BCUT2D eigenvalue weighted by molar-refractivity contribution is -0.118. The van der Waals surface area contributed by atoms with Gasteiger partial charge in [0.25, 0.3) is 0 Å². The lowest BCUT2D eigenvalue weighted by Gasteiger charge is -2.00. The second kappa shape index (κ2) is 7.12. The lowest BCUT2D eigenvalue weighted by atomic mass is 10.1. The van der Waals surface area contributed by atoms with Gasteiger partial charge in [0.15, 0.2) is 0 Å². The average molecular weight is 206 g/mol. The molecule has 1 aromatic rings. The number of ketones is 1. The standard InChI is InChI=1S/C12H18N2O/c13-8-4-1-2-7-12(15)10-11-6-3-5-9-14-11/h3,5-6,9H,1-2,4,7-8,10,13H2. The number of unbranched alkanes of at least 4 members (excludes halogenated alkanes) is 2. The van der Waals surface area contributed by atoms with Crippen LogP contribution >= 0.6 is 0 Å². The van der Waals surface area contributed by atoms with Crippen LogP contribution in [0.2, 0.25) is 0 Å². The van der Waals surface area contributed by atoms with Crippen molar-refractivity contribution in [3.05, 3.63) is 30.1 Å². The smallest absolute Gasteiger partial charge is 0.138 e. The van der Waals surface area contributed by atoms with E-state index in [0.717, 1.165) is 25.0 Å². The van der Waals surface area contributed by atoms with Crippen molar-refractivity contribution in [2.75, 3.05) is 6.54 Å². The molecular formula is C12H18N2O. The van der Waals surface area contributed by atoms with Crippen LogP contribution in [0.3, 0.4) is 0 Å². The van der Waals surface area contributed by atoms with Gasteiger partial charge in [0.05, 0.1) is 0 Å². The predicted molar refractivity (Wildman–Crippen MR) is 60.5 cm³/mol. The van der Waals surface area contributed by atoms with Gasteiger partial charge in [-0.05, 0) is 31.5 Å². The molecule has 0 fully saturated rings. The van der Waals surface area contributed by atoms with Crippen molar-refractivity contribution < 1.29 is 4.79 Å². The number of carbonyl (C=O) groups excluding carboxylic acids is 1. The Hall–Kier alpha value is -1.22. The molecule has 0 aliphatic carbocycles. The van der Waals surface area contributed by atoms with Gasteiger partial charge in [0.2, 0.25) is 0 Å². The third kappa shape index (κ3) is 5.27. The molecule has 1 aromatic heterocycles. The Bertz CT molecular complexity index is 285. The van der Waals surface area contributed by atoms with Gasteiger partial charge < -0.3 is 5.73 Å². The minimum absolute atomic E-state index is 0.269. The summed E-state index contributed by atoms with van der Waals surface area (Å²) >= 11 is 0. The van der Waals surface area contributed by atoms with Crippen molar-refractivity contribution >= 4 is 5.78 Å². The van der Waals surface area contributed by atoms with Crippen LogP contribution in [0.25, 0.3) is 0 Å². The third-order valence-corrected chi connectivity index (χ3v) is 2.26. The predicted octanol–water partition coefficient (Wildman–Crippen LogP) is 1.71. The monoisotopic (exact) mass is 206 g/mol. The molecule has 3 heteroatoms. The summed E-state index contributed by atoms with van der Waals surface area (Å²) < 4.78 is 0. The normalized spacial score (nSPS) is 10.2. The number of rotatable bonds is 7. The Morgan fingerprint density at radius 1 is 1.27 bits per heavy atom. The molecule has 0 amide bonds. The van der Waals surface area contributed by atoms with Gasteiger partial charge in [-0.15, -0.1) is 0 Å². The third-order valence-electron chi connectivity index (χ3n) is 2.26. The van der Waals surface area contributed by atoms with E-state index in [2.05, 4.69) is 4.98 Å². The number of Topliss-reactive ketones (excluding diaryl/α,β-unsaturated/α-hetero) is 1. The largest absolute Gasteiger partial charge is 0.330 e. The van der Waals surface area contributed by atoms with Gasteiger partial charge >= 0.3 is 0 Å². The molecule has 0 aliphatic heterocycles. The van der Waals surface area contributed by atoms with Gasteiger partial charge in [-0.1, -0.05) is 12.5 Å². The van der Waals surface area contributed by atoms with Gasteiger partial charge in [0.1, 0.15) is 5.78 Å². The summed E-state index contributed by atoms with van der Waals surface area (Å²) in [5.74, 6) is 0.269. The van der Waals surface area contributed by atoms with Crippen molar-refractivity contribution in [3.8, 4) is 0 Å². The number of hydrogen-bond acceptors (Lipinski definition) is 3. The summed E-state index contributed by atoms with van der Waals surface area (Å²) in [5, 5.41) is 0. The topological polar surface area (TPSA) is 56.0 Å². The van der Waals surface area contributed by atoms with Gasteiger partial charge in [-0.25, -0.2) is 0 Å². The van der Waals surface area contributed by atoms with Crippen LogP contribution in [0.5, 0.6) is 0 Å². The molecule has 82 valence electrons. The number of nitrogens with two attached hydrogens (primary N) is 1. The van der Waals surface area contributed by atoms with Gasteiger partial charge in [0, 0.05) is 24.7 Å². The van der Waals surface area contributed by atoms with Crippen molar-refractivity contribution in [3.63, 3.8) is 0 Å². The van der Waals surface area contributed by atoms with E-state index in [0.29, 0.717) is 19.4 Å². The van der Waals surface area contributed by atoms with E-state index in [1.807, 2.05) is 18.2 Å². The molecule has 1 rings (SSSR count). The highest BCUT2D eigenvalue weighted by Crippen LogP contribution is 2.03. The molecule has 0 saturated heterocycles. The summed E-state index contributed by atoms with van der Waals surface area (Å²) in [6.07, 6.45) is 5.83. The van der Waals surface area contributed by atoms with Crippen molar-refractivity contribution in [1.82, 2.24) is 4.98 Å². The molecule has 0 unspecified atom stereocenters. The zero-order chi connectivity index (χ0) is 10.9. The quantitative estimate of drug-likeness (QED) is 0.691. The Morgan fingerprint density at radius 2 is 2.13 bits per heavy atom. The fraction of sp³-hybridized carbons (Fsp3) is 0.500. The fourth-order valence-electron chi connectivity index (χ4n) is 1.44.